The van der Waals surface area contributed by atoms with Crippen LogP contribution in [0.3, 0.4) is 0 Å². The summed E-state index contributed by atoms with van der Waals surface area (Å²) in [5, 5.41) is 9.30. The van der Waals surface area contributed by atoms with Crippen LogP contribution in [0.2, 0.25) is 0 Å². The molecule has 0 aliphatic heterocycles. The van der Waals surface area contributed by atoms with Gasteiger partial charge in [0.25, 0.3) is 0 Å². The molecule has 1 rings (SSSR count). The molecule has 0 bridgehead atoms. The van der Waals surface area contributed by atoms with Crippen molar-refractivity contribution in [3.63, 3.8) is 0 Å². The van der Waals surface area contributed by atoms with E-state index in [0.29, 0.717) is 6.42 Å². The fourth-order valence-electron chi connectivity index (χ4n) is 2.72. The van der Waals surface area contributed by atoms with Crippen LogP contribution in [0.1, 0.15) is 46.0 Å². The van der Waals surface area contributed by atoms with Crippen LogP contribution >= 0.6 is 0 Å². The third-order valence-electron chi connectivity index (χ3n) is 3.31. The monoisotopic (exact) mass is 196 g/mol. The van der Waals surface area contributed by atoms with Gasteiger partial charge in [0.2, 0.25) is 0 Å². The molecule has 1 aliphatic rings. The SMILES string of the molecule is C=CCC1(C(=O)O)CCCC(C)(C)C1. The zero-order valence-electron chi connectivity index (χ0n) is 9.18. The maximum absolute atomic E-state index is 11.3. The highest BCUT2D eigenvalue weighted by Crippen LogP contribution is 2.48. The third kappa shape index (κ3) is 2.17. The van der Waals surface area contributed by atoms with Gasteiger partial charge in [0.1, 0.15) is 0 Å². The largest absolute Gasteiger partial charge is 0.481 e. The summed E-state index contributed by atoms with van der Waals surface area (Å²) in [5.41, 5.74) is -0.372. The summed E-state index contributed by atoms with van der Waals surface area (Å²) in [5.74, 6) is -0.648. The van der Waals surface area contributed by atoms with Gasteiger partial charge in [-0.2, -0.15) is 0 Å². The van der Waals surface area contributed by atoms with E-state index >= 15 is 0 Å². The van der Waals surface area contributed by atoms with Gasteiger partial charge in [-0.3, -0.25) is 4.79 Å². The quantitative estimate of drug-likeness (QED) is 0.703. The Labute approximate surface area is 86.0 Å². The second-order valence-electron chi connectivity index (χ2n) is 5.27. The van der Waals surface area contributed by atoms with Crippen molar-refractivity contribution in [2.24, 2.45) is 10.8 Å². The van der Waals surface area contributed by atoms with Crippen molar-refractivity contribution in [1.29, 1.82) is 0 Å². The molecule has 0 aromatic rings. The predicted molar refractivity (Wildman–Crippen MR) is 57.1 cm³/mol. The van der Waals surface area contributed by atoms with Crippen LogP contribution in [0.4, 0.5) is 0 Å². The first-order valence-corrected chi connectivity index (χ1v) is 5.26. The van der Waals surface area contributed by atoms with Crippen LogP contribution in [-0.4, -0.2) is 11.1 Å². The molecule has 1 N–H and O–H groups in total. The standard InChI is InChI=1S/C12H20O2/c1-4-6-12(10(13)14)8-5-7-11(2,3)9-12/h4H,1,5-9H2,2-3H3,(H,13,14). The fourth-order valence-corrected chi connectivity index (χ4v) is 2.72. The maximum atomic E-state index is 11.3. The summed E-state index contributed by atoms with van der Waals surface area (Å²) >= 11 is 0. The van der Waals surface area contributed by atoms with Gasteiger partial charge in [0.15, 0.2) is 0 Å². The van der Waals surface area contributed by atoms with E-state index in [1.165, 1.54) is 0 Å². The highest BCUT2D eigenvalue weighted by Gasteiger charge is 2.44. The van der Waals surface area contributed by atoms with Crippen LogP contribution < -0.4 is 0 Å². The average Bonchev–Trinajstić information content (AvgIpc) is 2.02. The van der Waals surface area contributed by atoms with Gasteiger partial charge in [-0.1, -0.05) is 26.3 Å². The van der Waals surface area contributed by atoms with E-state index in [4.69, 9.17) is 0 Å². The Morgan fingerprint density at radius 3 is 2.57 bits per heavy atom. The minimum Gasteiger partial charge on any atom is -0.481 e. The lowest BCUT2D eigenvalue weighted by atomic mass is 9.62. The Morgan fingerprint density at radius 1 is 1.50 bits per heavy atom. The smallest absolute Gasteiger partial charge is 0.309 e. The van der Waals surface area contributed by atoms with E-state index in [1.54, 1.807) is 6.08 Å². The summed E-state index contributed by atoms with van der Waals surface area (Å²) in [6.07, 6.45) is 6.09. The average molecular weight is 196 g/mol. The Morgan fingerprint density at radius 2 is 2.14 bits per heavy atom. The third-order valence-corrected chi connectivity index (χ3v) is 3.31. The first-order chi connectivity index (χ1) is 6.42. The molecular formula is C12H20O2. The van der Waals surface area contributed by atoms with Gasteiger partial charge in [-0.15, -0.1) is 6.58 Å². The molecule has 14 heavy (non-hydrogen) atoms. The highest BCUT2D eigenvalue weighted by molar-refractivity contribution is 5.75. The van der Waals surface area contributed by atoms with Gasteiger partial charge in [0, 0.05) is 0 Å². The number of aliphatic carboxylic acids is 1. The summed E-state index contributed by atoms with van der Waals surface area (Å²) in [6.45, 7) is 7.99. The van der Waals surface area contributed by atoms with Crippen molar-refractivity contribution in [3.8, 4) is 0 Å². The Bertz CT molecular complexity index is 243. The lowest BCUT2D eigenvalue weighted by Crippen LogP contribution is -2.39. The van der Waals surface area contributed by atoms with E-state index in [-0.39, 0.29) is 5.41 Å². The number of hydrogen-bond donors (Lipinski definition) is 1. The summed E-state index contributed by atoms with van der Waals surface area (Å²) < 4.78 is 0. The summed E-state index contributed by atoms with van der Waals surface area (Å²) in [4.78, 5) is 11.3. The molecule has 1 unspecified atom stereocenters. The topological polar surface area (TPSA) is 37.3 Å². The molecule has 1 fully saturated rings. The van der Waals surface area contributed by atoms with Crippen LogP contribution in [0, 0.1) is 10.8 Å². The van der Waals surface area contributed by atoms with Crippen LogP contribution in [0.15, 0.2) is 12.7 Å². The van der Waals surface area contributed by atoms with Gasteiger partial charge in [-0.25, -0.2) is 0 Å². The molecule has 1 atom stereocenters. The predicted octanol–water partition coefficient (Wildman–Crippen LogP) is 3.23. The van der Waals surface area contributed by atoms with Gasteiger partial charge < -0.3 is 5.11 Å². The van der Waals surface area contributed by atoms with Crippen molar-refractivity contribution in [3.05, 3.63) is 12.7 Å². The van der Waals surface area contributed by atoms with E-state index in [9.17, 15) is 9.90 Å². The van der Waals surface area contributed by atoms with E-state index in [0.717, 1.165) is 25.7 Å². The minimum absolute atomic E-state index is 0.166. The molecule has 1 aliphatic carbocycles. The minimum atomic E-state index is -0.648. The first kappa shape index (κ1) is 11.3. The lowest BCUT2D eigenvalue weighted by molar-refractivity contribution is -0.153. The molecule has 1 saturated carbocycles. The molecule has 0 saturated heterocycles. The second-order valence-corrected chi connectivity index (χ2v) is 5.27. The molecule has 0 heterocycles. The molecule has 0 spiro atoms. The molecule has 0 amide bonds. The highest BCUT2D eigenvalue weighted by atomic mass is 16.4. The van der Waals surface area contributed by atoms with Crippen LogP contribution in [-0.2, 0) is 4.79 Å². The van der Waals surface area contributed by atoms with Crippen molar-refractivity contribution < 1.29 is 9.90 Å². The Kier molecular flexibility index (Phi) is 3.03. The molecular weight excluding hydrogens is 176 g/mol. The first-order valence-electron chi connectivity index (χ1n) is 5.26. The summed E-state index contributed by atoms with van der Waals surface area (Å²) in [7, 11) is 0. The molecule has 80 valence electrons. The van der Waals surface area contributed by atoms with E-state index in [1.807, 2.05) is 0 Å². The molecule has 2 nitrogen and oxygen atoms in total. The molecule has 0 aromatic heterocycles. The molecule has 0 aromatic carbocycles. The van der Waals surface area contributed by atoms with E-state index < -0.39 is 11.4 Å². The van der Waals surface area contributed by atoms with Gasteiger partial charge in [-0.05, 0) is 31.1 Å². The number of allylic oxidation sites excluding steroid dienone is 1. The number of rotatable bonds is 3. The van der Waals surface area contributed by atoms with Crippen molar-refractivity contribution >= 4 is 5.97 Å². The van der Waals surface area contributed by atoms with Crippen molar-refractivity contribution in [2.45, 2.75) is 46.0 Å². The Hall–Kier alpha value is -0.790. The molecule has 2 heteroatoms. The van der Waals surface area contributed by atoms with Crippen LogP contribution in [0.5, 0.6) is 0 Å². The van der Waals surface area contributed by atoms with E-state index in [2.05, 4.69) is 20.4 Å². The van der Waals surface area contributed by atoms with Gasteiger partial charge in [0.05, 0.1) is 5.41 Å². The van der Waals surface area contributed by atoms with Gasteiger partial charge >= 0.3 is 5.97 Å². The second kappa shape index (κ2) is 3.76. The maximum Gasteiger partial charge on any atom is 0.309 e. The number of carbonyl (C=O) groups is 1. The number of carboxylic acid groups (broad SMARTS) is 1. The number of hydrogen-bond acceptors (Lipinski definition) is 1. The number of carboxylic acids is 1. The van der Waals surface area contributed by atoms with Crippen LogP contribution in [0.25, 0.3) is 0 Å². The zero-order valence-corrected chi connectivity index (χ0v) is 9.18. The zero-order chi connectivity index (χ0) is 10.8. The summed E-state index contributed by atoms with van der Waals surface area (Å²) in [6, 6.07) is 0. The van der Waals surface area contributed by atoms with Crippen molar-refractivity contribution in [1.82, 2.24) is 0 Å². The van der Waals surface area contributed by atoms with Crippen molar-refractivity contribution in [2.75, 3.05) is 0 Å². The lowest BCUT2D eigenvalue weighted by Gasteiger charge is -2.41. The fraction of sp³-hybridized carbons (Fsp3) is 0.750. The molecule has 0 radical (unpaired) electrons. The normalized spacial score (nSPS) is 31.0. The Balaban J connectivity index is 2.87.